The number of amides is 1. The van der Waals surface area contributed by atoms with Gasteiger partial charge in [-0.05, 0) is 33.9 Å². The summed E-state index contributed by atoms with van der Waals surface area (Å²) in [5, 5.41) is 0. The Bertz CT molecular complexity index is 745. The molecule has 98 valence electrons. The summed E-state index contributed by atoms with van der Waals surface area (Å²) in [5.74, 6) is -0.779. The molecule has 19 heavy (non-hydrogen) atoms. The molecule has 0 unspecified atom stereocenters. The lowest BCUT2D eigenvalue weighted by atomic mass is 10.1. The fraction of sp³-hybridized carbons (Fsp3) is 0.0769. The number of nitrogens with one attached hydrogen (secondary N) is 1. The number of carbonyl (C=O) groups excluding carboxylic acids is 1. The Morgan fingerprint density at radius 1 is 1.26 bits per heavy atom. The quantitative estimate of drug-likeness (QED) is 0.778. The van der Waals surface area contributed by atoms with E-state index in [0.717, 1.165) is 0 Å². The number of halogens is 1. The van der Waals surface area contributed by atoms with E-state index in [0.29, 0.717) is 16.0 Å². The molecule has 1 aliphatic heterocycles. The van der Waals surface area contributed by atoms with Crippen molar-refractivity contribution in [3.05, 3.63) is 48.0 Å². The van der Waals surface area contributed by atoms with E-state index in [4.69, 9.17) is 0 Å². The van der Waals surface area contributed by atoms with Crippen molar-refractivity contribution in [1.82, 2.24) is 9.71 Å². The molecule has 1 amide bonds. The smallest absolute Gasteiger partial charge is 0.281 e. The van der Waals surface area contributed by atoms with Gasteiger partial charge in [-0.25, -0.2) is 9.37 Å². The van der Waals surface area contributed by atoms with Gasteiger partial charge in [0.25, 0.3) is 5.91 Å². The molecule has 2 heterocycles. The van der Waals surface area contributed by atoms with Crippen molar-refractivity contribution < 1.29 is 13.4 Å². The van der Waals surface area contributed by atoms with E-state index in [1.807, 2.05) is 0 Å². The first kappa shape index (κ1) is 12.0. The molecule has 0 radical (unpaired) electrons. The van der Waals surface area contributed by atoms with Gasteiger partial charge in [0, 0.05) is 18.0 Å². The molecular formula is C13H11FN2O2S. The van der Waals surface area contributed by atoms with Crippen molar-refractivity contribution in [2.24, 2.45) is 0 Å². The highest BCUT2D eigenvalue weighted by Gasteiger charge is 2.31. The molecule has 0 bridgehead atoms. The maximum Gasteiger partial charge on any atom is 0.281 e. The van der Waals surface area contributed by atoms with Gasteiger partial charge in [-0.2, -0.15) is 0 Å². The molecule has 0 saturated heterocycles. The summed E-state index contributed by atoms with van der Waals surface area (Å²) in [6, 6.07) is 7.67. The van der Waals surface area contributed by atoms with Gasteiger partial charge in [0.1, 0.15) is 11.5 Å². The fourth-order valence-corrected chi connectivity index (χ4v) is 3.65. The summed E-state index contributed by atoms with van der Waals surface area (Å²) in [4.78, 5) is 16.0. The first-order valence-electron chi connectivity index (χ1n) is 5.64. The highest BCUT2D eigenvalue weighted by molar-refractivity contribution is 8.01. The summed E-state index contributed by atoms with van der Waals surface area (Å²) >= 11 is 0. The summed E-state index contributed by atoms with van der Waals surface area (Å²) in [5.41, 5.74) is 1.46. The van der Waals surface area contributed by atoms with Crippen LogP contribution in [-0.2, 0) is 10.1 Å². The van der Waals surface area contributed by atoms with Crippen molar-refractivity contribution in [3.63, 3.8) is 0 Å². The SMILES string of the molecule is C[SH]1(=O)NC(=O)c2ncc(-c3cccc(F)c3)cc21. The number of hydrogen-bond donors (Lipinski definition) is 2. The van der Waals surface area contributed by atoms with Gasteiger partial charge in [-0.1, -0.05) is 12.1 Å². The van der Waals surface area contributed by atoms with E-state index < -0.39 is 16.0 Å². The van der Waals surface area contributed by atoms with Crippen LogP contribution >= 0.6 is 0 Å². The van der Waals surface area contributed by atoms with Crippen LogP contribution in [0, 0.1) is 5.82 Å². The Morgan fingerprint density at radius 3 is 2.79 bits per heavy atom. The predicted molar refractivity (Wildman–Crippen MR) is 70.8 cm³/mol. The lowest BCUT2D eigenvalue weighted by molar-refractivity contribution is 0.0981. The third kappa shape index (κ3) is 1.94. The van der Waals surface area contributed by atoms with Crippen LogP contribution in [0.3, 0.4) is 0 Å². The van der Waals surface area contributed by atoms with E-state index >= 15 is 0 Å². The van der Waals surface area contributed by atoms with E-state index in [9.17, 15) is 13.4 Å². The standard InChI is InChI=1S/C13H11FN2O2S/c1-19(18)11-6-9(7-15-12(11)13(17)16-19)8-3-2-4-10(14)5-8/h2-7,19H,1H3,(H,16,17,18). The van der Waals surface area contributed by atoms with Crippen LogP contribution in [-0.4, -0.2) is 21.4 Å². The molecular weight excluding hydrogens is 267 g/mol. The van der Waals surface area contributed by atoms with E-state index in [1.54, 1.807) is 18.2 Å². The van der Waals surface area contributed by atoms with E-state index in [-0.39, 0.29) is 11.5 Å². The van der Waals surface area contributed by atoms with Gasteiger partial charge in [0.05, 0.1) is 4.90 Å². The van der Waals surface area contributed by atoms with Crippen molar-refractivity contribution in [2.45, 2.75) is 4.90 Å². The molecule has 1 aromatic carbocycles. The normalized spacial score (nSPS) is 17.7. The molecule has 3 rings (SSSR count). The molecule has 6 heteroatoms. The zero-order chi connectivity index (χ0) is 13.6. The number of fused-ring (bicyclic) bond motifs is 1. The fourth-order valence-electron chi connectivity index (χ4n) is 2.09. The number of aromatic nitrogens is 1. The van der Waals surface area contributed by atoms with Gasteiger partial charge in [-0.3, -0.25) is 13.7 Å². The van der Waals surface area contributed by atoms with Gasteiger partial charge in [-0.15, -0.1) is 0 Å². The zero-order valence-corrected chi connectivity index (χ0v) is 10.9. The molecule has 4 nitrogen and oxygen atoms in total. The van der Waals surface area contributed by atoms with E-state index in [1.165, 1.54) is 24.6 Å². The van der Waals surface area contributed by atoms with Crippen LogP contribution in [0.25, 0.3) is 11.1 Å². The Morgan fingerprint density at radius 2 is 2.05 bits per heavy atom. The lowest BCUT2D eigenvalue weighted by Crippen LogP contribution is -2.26. The van der Waals surface area contributed by atoms with Crippen LogP contribution in [0.2, 0.25) is 0 Å². The number of carbonyl (C=O) groups is 1. The number of benzene rings is 1. The van der Waals surface area contributed by atoms with Crippen LogP contribution < -0.4 is 4.72 Å². The molecule has 0 fully saturated rings. The highest BCUT2D eigenvalue weighted by atomic mass is 32.3. The summed E-state index contributed by atoms with van der Waals surface area (Å²) in [6.45, 7) is 0. The Balaban J connectivity index is 2.18. The van der Waals surface area contributed by atoms with Gasteiger partial charge < -0.3 is 0 Å². The predicted octanol–water partition coefficient (Wildman–Crippen LogP) is 1.55. The summed E-state index contributed by atoms with van der Waals surface area (Å²) in [7, 11) is -2.90. The maximum absolute atomic E-state index is 13.2. The first-order valence-corrected chi connectivity index (χ1v) is 7.79. The second kappa shape index (κ2) is 3.96. The number of pyridine rings is 1. The zero-order valence-electron chi connectivity index (χ0n) is 10.1. The molecule has 1 aliphatic rings. The molecule has 1 N–H and O–H groups in total. The monoisotopic (exact) mass is 278 g/mol. The lowest BCUT2D eigenvalue weighted by Gasteiger charge is -2.12. The molecule has 0 aliphatic carbocycles. The van der Waals surface area contributed by atoms with Crippen molar-refractivity contribution in [1.29, 1.82) is 0 Å². The minimum atomic E-state index is -2.90. The number of rotatable bonds is 1. The minimum Gasteiger partial charge on any atom is -0.288 e. The topological polar surface area (TPSA) is 59.1 Å². The van der Waals surface area contributed by atoms with Crippen LogP contribution in [0.1, 0.15) is 10.5 Å². The van der Waals surface area contributed by atoms with Crippen LogP contribution in [0.5, 0.6) is 0 Å². The maximum atomic E-state index is 13.2. The largest absolute Gasteiger partial charge is 0.288 e. The second-order valence-electron chi connectivity index (χ2n) is 4.47. The molecule has 0 spiro atoms. The third-order valence-electron chi connectivity index (χ3n) is 3.02. The number of nitrogens with zero attached hydrogens (tertiary/aromatic N) is 1. The minimum absolute atomic E-state index is 0.186. The molecule has 1 aromatic heterocycles. The molecule has 0 atom stereocenters. The van der Waals surface area contributed by atoms with Gasteiger partial charge in [0.15, 0.2) is 0 Å². The van der Waals surface area contributed by atoms with Crippen LogP contribution in [0.4, 0.5) is 4.39 Å². The number of hydrogen-bond acceptors (Lipinski definition) is 3. The Labute approximate surface area is 110 Å². The number of thiol groups is 1. The second-order valence-corrected chi connectivity index (χ2v) is 7.02. The average molecular weight is 278 g/mol. The van der Waals surface area contributed by atoms with Crippen molar-refractivity contribution in [2.75, 3.05) is 6.26 Å². The van der Waals surface area contributed by atoms with E-state index in [2.05, 4.69) is 9.71 Å². The van der Waals surface area contributed by atoms with Gasteiger partial charge >= 0.3 is 0 Å². The highest BCUT2D eigenvalue weighted by Crippen LogP contribution is 2.29. The third-order valence-corrected chi connectivity index (χ3v) is 4.91. The molecule has 2 aromatic rings. The van der Waals surface area contributed by atoms with Gasteiger partial charge in [0.2, 0.25) is 0 Å². The van der Waals surface area contributed by atoms with Crippen molar-refractivity contribution in [3.8, 4) is 11.1 Å². The summed E-state index contributed by atoms with van der Waals surface area (Å²) < 4.78 is 27.9. The van der Waals surface area contributed by atoms with Crippen molar-refractivity contribution >= 4 is 16.0 Å². The Hall–Kier alpha value is -2.08. The average Bonchev–Trinajstić information content (AvgIpc) is 2.59. The Kier molecular flexibility index (Phi) is 2.50. The first-order chi connectivity index (χ1) is 8.97. The molecule has 0 saturated carbocycles. The summed E-state index contributed by atoms with van der Waals surface area (Å²) in [6.07, 6.45) is 2.96. The van der Waals surface area contributed by atoms with Crippen LogP contribution in [0.15, 0.2) is 41.4 Å².